The van der Waals surface area contributed by atoms with Crippen LogP contribution >= 0.6 is 11.6 Å². The van der Waals surface area contributed by atoms with Crippen molar-refractivity contribution in [3.8, 4) is 0 Å². The highest BCUT2D eigenvalue weighted by Crippen LogP contribution is 2.28. The van der Waals surface area contributed by atoms with Crippen LogP contribution in [0.5, 0.6) is 0 Å². The smallest absolute Gasteiger partial charge is 0.211 e. The Morgan fingerprint density at radius 2 is 1.91 bits per heavy atom. The fourth-order valence-corrected chi connectivity index (χ4v) is 3.92. The molecule has 0 N–H and O–H groups in total. The maximum absolute atomic E-state index is 11.6. The molecule has 1 aliphatic heterocycles. The Morgan fingerprint density at radius 3 is 2.41 bits per heavy atom. The van der Waals surface area contributed by atoms with Gasteiger partial charge in [-0.2, -0.15) is 0 Å². The van der Waals surface area contributed by atoms with E-state index in [9.17, 15) is 8.42 Å². The van der Waals surface area contributed by atoms with Crippen molar-refractivity contribution in [1.82, 2.24) is 14.3 Å². The molecule has 1 saturated heterocycles. The van der Waals surface area contributed by atoms with Crippen LogP contribution in [0.1, 0.15) is 31.2 Å². The van der Waals surface area contributed by atoms with Crippen LogP contribution in [0.4, 0.5) is 5.82 Å². The van der Waals surface area contributed by atoms with E-state index in [1.165, 1.54) is 10.6 Å². The van der Waals surface area contributed by atoms with Crippen molar-refractivity contribution >= 4 is 27.4 Å². The summed E-state index contributed by atoms with van der Waals surface area (Å²) in [6.45, 7) is 5.40. The predicted molar refractivity (Wildman–Crippen MR) is 89.0 cm³/mol. The molecule has 0 bridgehead atoms. The van der Waals surface area contributed by atoms with Gasteiger partial charge in [0.2, 0.25) is 10.0 Å². The van der Waals surface area contributed by atoms with Crippen LogP contribution in [0.3, 0.4) is 0 Å². The fraction of sp³-hybridized carbons (Fsp3) is 0.714. The summed E-state index contributed by atoms with van der Waals surface area (Å²) in [6, 6.07) is 0.0507. The largest absolute Gasteiger partial charge is 0.356 e. The summed E-state index contributed by atoms with van der Waals surface area (Å²) in [5.74, 6) is 1.55. The first-order chi connectivity index (χ1) is 10.2. The van der Waals surface area contributed by atoms with Gasteiger partial charge >= 0.3 is 0 Å². The zero-order valence-electron chi connectivity index (χ0n) is 13.5. The number of aryl methyl sites for hydroxylation is 1. The zero-order valence-corrected chi connectivity index (χ0v) is 15.1. The van der Waals surface area contributed by atoms with Crippen LogP contribution in [-0.4, -0.2) is 55.1 Å². The minimum absolute atomic E-state index is 0.0507. The summed E-state index contributed by atoms with van der Waals surface area (Å²) in [5.41, 5.74) is 0.960. The van der Waals surface area contributed by atoms with Gasteiger partial charge in [-0.1, -0.05) is 18.5 Å². The average molecular weight is 347 g/mol. The molecule has 2 rings (SSSR count). The molecule has 1 aromatic rings. The Balaban J connectivity index is 2.16. The van der Waals surface area contributed by atoms with Crippen molar-refractivity contribution in [1.29, 1.82) is 0 Å². The van der Waals surface area contributed by atoms with E-state index in [2.05, 4.69) is 14.9 Å². The summed E-state index contributed by atoms with van der Waals surface area (Å²) < 4.78 is 24.8. The molecule has 0 aliphatic carbocycles. The van der Waals surface area contributed by atoms with Crippen molar-refractivity contribution in [2.75, 3.05) is 31.3 Å². The van der Waals surface area contributed by atoms with Crippen LogP contribution in [0, 0.1) is 6.92 Å². The minimum atomic E-state index is -3.14. The van der Waals surface area contributed by atoms with Gasteiger partial charge < -0.3 is 4.90 Å². The van der Waals surface area contributed by atoms with Gasteiger partial charge in [0, 0.05) is 31.7 Å². The minimum Gasteiger partial charge on any atom is -0.356 e. The summed E-state index contributed by atoms with van der Waals surface area (Å²) >= 11 is 6.23. The maximum Gasteiger partial charge on any atom is 0.211 e. The topological polar surface area (TPSA) is 66.4 Å². The highest BCUT2D eigenvalue weighted by atomic mass is 35.5. The number of anilines is 1. The molecule has 0 unspecified atom stereocenters. The Morgan fingerprint density at radius 1 is 1.32 bits per heavy atom. The van der Waals surface area contributed by atoms with Crippen LogP contribution < -0.4 is 4.90 Å². The molecule has 0 aromatic carbocycles. The first-order valence-corrected chi connectivity index (χ1v) is 9.67. The van der Waals surface area contributed by atoms with Gasteiger partial charge in [-0.15, -0.1) is 0 Å². The van der Waals surface area contributed by atoms with E-state index in [0.717, 1.165) is 43.7 Å². The van der Waals surface area contributed by atoms with Crippen molar-refractivity contribution in [3.05, 3.63) is 16.5 Å². The monoisotopic (exact) mass is 346 g/mol. The van der Waals surface area contributed by atoms with Gasteiger partial charge in [0.25, 0.3) is 0 Å². The average Bonchev–Trinajstić information content (AvgIpc) is 2.45. The SMILES string of the molecule is CCc1c(Cl)nc(C)nc1N1CCC(N(C)S(C)(=O)=O)CC1. The van der Waals surface area contributed by atoms with Crippen molar-refractivity contribution in [3.63, 3.8) is 0 Å². The molecule has 1 fully saturated rings. The fourth-order valence-electron chi connectivity index (χ4n) is 2.83. The third kappa shape index (κ3) is 3.70. The highest BCUT2D eigenvalue weighted by molar-refractivity contribution is 7.88. The molecule has 0 amide bonds. The Labute approximate surface area is 137 Å². The van der Waals surface area contributed by atoms with Gasteiger partial charge in [-0.3, -0.25) is 0 Å². The third-order valence-electron chi connectivity index (χ3n) is 4.20. The molecule has 8 heteroatoms. The number of rotatable bonds is 4. The zero-order chi connectivity index (χ0) is 16.5. The van der Waals surface area contributed by atoms with E-state index in [4.69, 9.17) is 11.6 Å². The lowest BCUT2D eigenvalue weighted by atomic mass is 10.0. The molecule has 0 atom stereocenters. The number of hydrogen-bond donors (Lipinski definition) is 0. The standard InChI is InChI=1S/C14H23ClN4O2S/c1-5-12-13(15)16-10(2)17-14(12)19-8-6-11(7-9-19)18(3)22(4,20)21/h11H,5-9H2,1-4H3. The first kappa shape index (κ1) is 17.4. The Hall–Kier alpha value is -0.920. The second-order valence-corrected chi connectivity index (χ2v) is 8.11. The lowest BCUT2D eigenvalue weighted by molar-refractivity contribution is 0.313. The van der Waals surface area contributed by atoms with Crippen molar-refractivity contribution < 1.29 is 8.42 Å². The molecule has 6 nitrogen and oxygen atoms in total. The van der Waals surface area contributed by atoms with Gasteiger partial charge in [0.05, 0.1) is 6.26 Å². The normalized spacial score (nSPS) is 17.3. The lowest BCUT2D eigenvalue weighted by Gasteiger charge is -2.37. The van der Waals surface area contributed by atoms with Crippen LogP contribution in [-0.2, 0) is 16.4 Å². The summed E-state index contributed by atoms with van der Waals surface area (Å²) in [4.78, 5) is 10.9. The number of sulfonamides is 1. The van der Waals surface area contributed by atoms with E-state index in [-0.39, 0.29) is 6.04 Å². The molecule has 0 spiro atoms. The number of aromatic nitrogens is 2. The molecular weight excluding hydrogens is 324 g/mol. The predicted octanol–water partition coefficient (Wildman–Crippen LogP) is 1.86. The number of nitrogens with zero attached hydrogens (tertiary/aromatic N) is 4. The van der Waals surface area contributed by atoms with Crippen LogP contribution in [0.25, 0.3) is 0 Å². The number of piperidine rings is 1. The van der Waals surface area contributed by atoms with Crippen LogP contribution in [0.2, 0.25) is 5.15 Å². The van der Waals surface area contributed by atoms with Gasteiger partial charge in [0.15, 0.2) is 0 Å². The van der Waals surface area contributed by atoms with E-state index in [0.29, 0.717) is 11.0 Å². The summed E-state index contributed by atoms with van der Waals surface area (Å²) in [5, 5.41) is 0.514. The molecular formula is C14H23ClN4O2S. The molecule has 0 saturated carbocycles. The Bertz CT molecular complexity index is 642. The summed E-state index contributed by atoms with van der Waals surface area (Å²) in [7, 11) is -1.49. The highest BCUT2D eigenvalue weighted by Gasteiger charge is 2.28. The van der Waals surface area contributed by atoms with E-state index in [1.807, 2.05) is 13.8 Å². The van der Waals surface area contributed by atoms with E-state index in [1.54, 1.807) is 7.05 Å². The van der Waals surface area contributed by atoms with Gasteiger partial charge in [0.1, 0.15) is 16.8 Å². The second-order valence-electron chi connectivity index (χ2n) is 5.71. The number of hydrogen-bond acceptors (Lipinski definition) is 5. The quantitative estimate of drug-likeness (QED) is 0.778. The van der Waals surface area contributed by atoms with E-state index >= 15 is 0 Å². The molecule has 2 heterocycles. The van der Waals surface area contributed by atoms with E-state index < -0.39 is 10.0 Å². The Kier molecular flexibility index (Phi) is 5.29. The third-order valence-corrected chi connectivity index (χ3v) is 5.86. The molecule has 124 valence electrons. The second kappa shape index (κ2) is 6.68. The van der Waals surface area contributed by atoms with Crippen molar-refractivity contribution in [2.45, 2.75) is 39.2 Å². The van der Waals surface area contributed by atoms with Gasteiger partial charge in [-0.05, 0) is 26.2 Å². The maximum atomic E-state index is 11.6. The van der Waals surface area contributed by atoms with Crippen LogP contribution in [0.15, 0.2) is 0 Å². The molecule has 22 heavy (non-hydrogen) atoms. The van der Waals surface area contributed by atoms with Gasteiger partial charge in [-0.25, -0.2) is 22.7 Å². The van der Waals surface area contributed by atoms with Crippen molar-refractivity contribution in [2.24, 2.45) is 0 Å². The molecule has 0 radical (unpaired) electrons. The summed E-state index contributed by atoms with van der Waals surface area (Å²) in [6.07, 6.45) is 3.60. The number of halogens is 1. The lowest BCUT2D eigenvalue weighted by Crippen LogP contribution is -2.45. The molecule has 1 aromatic heterocycles. The first-order valence-electron chi connectivity index (χ1n) is 7.45. The molecule has 1 aliphatic rings.